The van der Waals surface area contributed by atoms with Gasteiger partial charge >= 0.3 is 0 Å². The SMILES string of the molecule is O=C1NCCCC1c1ccc(N2CC(N3CCNCC3)C2)nc1. The molecule has 1 aromatic rings. The first kappa shape index (κ1) is 14.9. The molecular formula is C17H25N5O. The van der Waals surface area contributed by atoms with Gasteiger partial charge in [-0.2, -0.15) is 0 Å². The second-order valence-corrected chi connectivity index (χ2v) is 6.78. The number of pyridine rings is 1. The number of carbonyl (C=O) groups is 1. The van der Waals surface area contributed by atoms with Crippen LogP contribution >= 0.6 is 0 Å². The summed E-state index contributed by atoms with van der Waals surface area (Å²) in [5.41, 5.74) is 1.05. The van der Waals surface area contributed by atoms with Crippen LogP contribution in [0.1, 0.15) is 24.3 Å². The Morgan fingerprint density at radius 3 is 2.65 bits per heavy atom. The molecule has 1 unspecified atom stereocenters. The van der Waals surface area contributed by atoms with Gasteiger partial charge in [0.25, 0.3) is 0 Å². The number of nitrogens with zero attached hydrogens (tertiary/aromatic N) is 3. The van der Waals surface area contributed by atoms with Gasteiger partial charge in [0, 0.05) is 58.1 Å². The maximum Gasteiger partial charge on any atom is 0.227 e. The van der Waals surface area contributed by atoms with E-state index in [0.29, 0.717) is 6.04 Å². The Bertz CT molecular complexity index is 549. The Balaban J connectivity index is 1.35. The van der Waals surface area contributed by atoms with Crippen molar-refractivity contribution in [2.24, 2.45) is 0 Å². The second kappa shape index (κ2) is 6.45. The van der Waals surface area contributed by atoms with Gasteiger partial charge in [-0.1, -0.05) is 6.07 Å². The number of nitrogens with one attached hydrogen (secondary N) is 2. The van der Waals surface area contributed by atoms with Gasteiger partial charge in [-0.05, 0) is 24.5 Å². The largest absolute Gasteiger partial charge is 0.356 e. The van der Waals surface area contributed by atoms with E-state index in [1.807, 2.05) is 6.20 Å². The van der Waals surface area contributed by atoms with E-state index in [1.165, 1.54) is 0 Å². The first-order valence-corrected chi connectivity index (χ1v) is 8.74. The van der Waals surface area contributed by atoms with Crippen LogP contribution in [-0.2, 0) is 4.79 Å². The third kappa shape index (κ3) is 3.05. The highest BCUT2D eigenvalue weighted by Gasteiger charge is 2.33. The molecule has 4 heterocycles. The zero-order valence-corrected chi connectivity index (χ0v) is 13.5. The van der Waals surface area contributed by atoms with Gasteiger partial charge in [-0.25, -0.2) is 4.98 Å². The van der Waals surface area contributed by atoms with Gasteiger partial charge in [0.2, 0.25) is 5.91 Å². The number of carbonyl (C=O) groups excluding carboxylic acids is 1. The molecule has 6 nitrogen and oxygen atoms in total. The number of piperidine rings is 1. The Labute approximate surface area is 137 Å². The molecular weight excluding hydrogens is 290 g/mol. The lowest BCUT2D eigenvalue weighted by atomic mass is 9.92. The number of amides is 1. The lowest BCUT2D eigenvalue weighted by Crippen LogP contribution is -2.63. The molecule has 1 aromatic heterocycles. The molecule has 0 aliphatic carbocycles. The summed E-state index contributed by atoms with van der Waals surface area (Å²) in [6.45, 7) is 7.46. The molecule has 0 spiro atoms. The molecule has 1 amide bonds. The molecule has 1 atom stereocenters. The van der Waals surface area contributed by atoms with E-state index >= 15 is 0 Å². The minimum atomic E-state index is -0.0183. The van der Waals surface area contributed by atoms with Gasteiger partial charge in [-0.3, -0.25) is 9.69 Å². The highest BCUT2D eigenvalue weighted by atomic mass is 16.1. The van der Waals surface area contributed by atoms with E-state index in [4.69, 9.17) is 0 Å². The summed E-state index contributed by atoms with van der Waals surface area (Å²) in [7, 11) is 0. The van der Waals surface area contributed by atoms with Crippen molar-refractivity contribution in [1.29, 1.82) is 0 Å². The van der Waals surface area contributed by atoms with Crippen molar-refractivity contribution in [2.45, 2.75) is 24.8 Å². The van der Waals surface area contributed by atoms with E-state index in [9.17, 15) is 4.79 Å². The standard InChI is InChI=1S/C17H25N5O/c23-17-15(2-1-5-19-17)13-3-4-16(20-10-13)22-11-14(12-22)21-8-6-18-7-9-21/h3-4,10,14-15,18H,1-2,5-9,11-12H2,(H,19,23). The first-order chi connectivity index (χ1) is 11.3. The predicted octanol–water partition coefficient (Wildman–Crippen LogP) is 0.169. The molecule has 3 aliphatic heterocycles. The van der Waals surface area contributed by atoms with Crippen molar-refractivity contribution >= 4 is 11.7 Å². The van der Waals surface area contributed by atoms with Gasteiger partial charge in [0.05, 0.1) is 5.92 Å². The molecule has 0 bridgehead atoms. The first-order valence-electron chi connectivity index (χ1n) is 8.74. The highest BCUT2D eigenvalue weighted by molar-refractivity contribution is 5.84. The highest BCUT2D eigenvalue weighted by Crippen LogP contribution is 2.27. The van der Waals surface area contributed by atoms with Crippen molar-refractivity contribution in [3.05, 3.63) is 23.9 Å². The molecule has 3 saturated heterocycles. The molecule has 124 valence electrons. The van der Waals surface area contributed by atoms with Gasteiger partial charge in [0.1, 0.15) is 5.82 Å². The zero-order valence-electron chi connectivity index (χ0n) is 13.5. The Hall–Kier alpha value is -1.66. The Kier molecular flexibility index (Phi) is 4.18. The van der Waals surface area contributed by atoms with Crippen LogP contribution in [0.2, 0.25) is 0 Å². The van der Waals surface area contributed by atoms with Crippen LogP contribution in [0.15, 0.2) is 18.3 Å². The van der Waals surface area contributed by atoms with Crippen LogP contribution in [0.3, 0.4) is 0 Å². The Morgan fingerprint density at radius 1 is 1.13 bits per heavy atom. The molecule has 6 heteroatoms. The van der Waals surface area contributed by atoms with E-state index in [0.717, 1.165) is 70.0 Å². The fraction of sp³-hybridized carbons (Fsp3) is 0.647. The van der Waals surface area contributed by atoms with Crippen molar-refractivity contribution < 1.29 is 4.79 Å². The van der Waals surface area contributed by atoms with E-state index < -0.39 is 0 Å². The third-order valence-electron chi connectivity index (χ3n) is 5.31. The minimum absolute atomic E-state index is 0.0183. The minimum Gasteiger partial charge on any atom is -0.356 e. The van der Waals surface area contributed by atoms with E-state index in [2.05, 4.69) is 37.6 Å². The number of rotatable bonds is 3. The van der Waals surface area contributed by atoms with Crippen LogP contribution in [0, 0.1) is 0 Å². The lowest BCUT2D eigenvalue weighted by molar-refractivity contribution is -0.123. The topological polar surface area (TPSA) is 60.5 Å². The van der Waals surface area contributed by atoms with Crippen LogP contribution in [0.5, 0.6) is 0 Å². The van der Waals surface area contributed by atoms with Crippen LogP contribution < -0.4 is 15.5 Å². The van der Waals surface area contributed by atoms with Gasteiger partial charge < -0.3 is 15.5 Å². The molecule has 2 N–H and O–H groups in total. The lowest BCUT2D eigenvalue weighted by Gasteiger charge is -2.47. The monoisotopic (exact) mass is 315 g/mol. The van der Waals surface area contributed by atoms with Crippen LogP contribution in [0.4, 0.5) is 5.82 Å². The fourth-order valence-corrected chi connectivity index (χ4v) is 3.80. The molecule has 23 heavy (non-hydrogen) atoms. The number of piperazine rings is 1. The zero-order chi connectivity index (χ0) is 15.6. The van der Waals surface area contributed by atoms with Gasteiger partial charge in [0.15, 0.2) is 0 Å². The molecule has 3 aliphatic rings. The number of anilines is 1. The number of hydrogen-bond donors (Lipinski definition) is 2. The normalized spacial score (nSPS) is 26.7. The quantitative estimate of drug-likeness (QED) is 0.833. The van der Waals surface area contributed by atoms with E-state index in [1.54, 1.807) is 0 Å². The fourth-order valence-electron chi connectivity index (χ4n) is 3.80. The van der Waals surface area contributed by atoms with Crippen molar-refractivity contribution in [3.63, 3.8) is 0 Å². The average Bonchev–Trinajstić information content (AvgIpc) is 2.56. The summed E-state index contributed by atoms with van der Waals surface area (Å²) < 4.78 is 0. The summed E-state index contributed by atoms with van der Waals surface area (Å²) >= 11 is 0. The van der Waals surface area contributed by atoms with Gasteiger partial charge in [-0.15, -0.1) is 0 Å². The third-order valence-corrected chi connectivity index (χ3v) is 5.31. The summed E-state index contributed by atoms with van der Waals surface area (Å²) in [5.74, 6) is 1.17. The van der Waals surface area contributed by atoms with Crippen LogP contribution in [-0.4, -0.2) is 67.6 Å². The van der Waals surface area contributed by atoms with Crippen molar-refractivity contribution in [2.75, 3.05) is 50.7 Å². The summed E-state index contributed by atoms with van der Waals surface area (Å²) in [6, 6.07) is 4.82. The maximum absolute atomic E-state index is 11.9. The smallest absolute Gasteiger partial charge is 0.227 e. The summed E-state index contributed by atoms with van der Waals surface area (Å²) in [5, 5.41) is 6.35. The van der Waals surface area contributed by atoms with Crippen LogP contribution in [0.25, 0.3) is 0 Å². The average molecular weight is 315 g/mol. The molecule has 4 rings (SSSR count). The molecule has 0 saturated carbocycles. The maximum atomic E-state index is 11.9. The van der Waals surface area contributed by atoms with E-state index in [-0.39, 0.29) is 11.8 Å². The number of aromatic nitrogens is 1. The molecule has 0 aromatic carbocycles. The summed E-state index contributed by atoms with van der Waals surface area (Å²) in [6.07, 6.45) is 3.88. The second-order valence-electron chi connectivity index (χ2n) is 6.78. The summed E-state index contributed by atoms with van der Waals surface area (Å²) in [4.78, 5) is 21.5. The molecule has 3 fully saturated rings. The Morgan fingerprint density at radius 2 is 1.96 bits per heavy atom. The predicted molar refractivity (Wildman–Crippen MR) is 89.7 cm³/mol. The van der Waals surface area contributed by atoms with Crippen molar-refractivity contribution in [3.8, 4) is 0 Å². The molecule has 0 radical (unpaired) electrons. The van der Waals surface area contributed by atoms with Crippen molar-refractivity contribution in [1.82, 2.24) is 20.5 Å². The number of hydrogen-bond acceptors (Lipinski definition) is 5.